The molecule has 2 saturated carbocycles. The Morgan fingerprint density at radius 3 is 2.42 bits per heavy atom. The van der Waals surface area contributed by atoms with Gasteiger partial charge >= 0.3 is 0 Å². The summed E-state index contributed by atoms with van der Waals surface area (Å²) in [5.41, 5.74) is 0. The van der Waals surface area contributed by atoms with Gasteiger partial charge in [-0.1, -0.05) is 27.2 Å². The molecule has 0 heterocycles. The van der Waals surface area contributed by atoms with Crippen LogP contribution in [0, 0.1) is 17.8 Å². The Morgan fingerprint density at radius 2 is 1.89 bits per heavy atom. The predicted molar refractivity (Wildman–Crippen MR) is 83.4 cm³/mol. The largest absolute Gasteiger partial charge is 0.317 e. The molecule has 2 nitrogen and oxygen atoms in total. The van der Waals surface area contributed by atoms with Gasteiger partial charge in [0.05, 0.1) is 0 Å². The van der Waals surface area contributed by atoms with Crippen molar-refractivity contribution in [3.8, 4) is 0 Å². The minimum absolute atomic E-state index is 0.760. The zero-order valence-corrected chi connectivity index (χ0v) is 13.5. The van der Waals surface area contributed by atoms with E-state index in [1.54, 1.807) is 0 Å². The SMILES string of the molecule is CCC1CCC(NC)C(CN(CC(C)C)C2CC2)C1. The summed E-state index contributed by atoms with van der Waals surface area (Å²) < 4.78 is 0. The molecule has 0 bridgehead atoms. The molecule has 0 aromatic carbocycles. The summed E-state index contributed by atoms with van der Waals surface area (Å²) >= 11 is 0. The molecule has 3 unspecified atom stereocenters. The molecule has 112 valence electrons. The summed E-state index contributed by atoms with van der Waals surface area (Å²) in [6, 6.07) is 1.68. The first-order valence-corrected chi connectivity index (χ1v) is 8.55. The van der Waals surface area contributed by atoms with Gasteiger partial charge in [-0.05, 0) is 56.9 Å². The Kier molecular flexibility index (Phi) is 5.70. The maximum atomic E-state index is 3.59. The Labute approximate surface area is 120 Å². The molecule has 1 N–H and O–H groups in total. The molecule has 0 aromatic rings. The van der Waals surface area contributed by atoms with Gasteiger partial charge in [0.15, 0.2) is 0 Å². The molecule has 2 aliphatic rings. The molecule has 0 radical (unpaired) electrons. The average Bonchev–Trinajstić information content (AvgIpc) is 3.21. The van der Waals surface area contributed by atoms with Crippen molar-refractivity contribution in [1.82, 2.24) is 10.2 Å². The second kappa shape index (κ2) is 7.08. The van der Waals surface area contributed by atoms with Crippen LogP contribution in [0.1, 0.15) is 59.3 Å². The molecule has 2 rings (SSSR count). The first kappa shape index (κ1) is 15.3. The third-order valence-electron chi connectivity index (χ3n) is 5.17. The predicted octanol–water partition coefficient (Wildman–Crippen LogP) is 3.52. The average molecular weight is 266 g/mol. The van der Waals surface area contributed by atoms with Crippen molar-refractivity contribution in [3.63, 3.8) is 0 Å². The van der Waals surface area contributed by atoms with E-state index in [2.05, 4.69) is 38.0 Å². The van der Waals surface area contributed by atoms with Crippen molar-refractivity contribution in [2.45, 2.75) is 71.4 Å². The smallest absolute Gasteiger partial charge is 0.0105 e. The second-order valence-electron chi connectivity index (χ2n) is 7.32. The Balaban J connectivity index is 1.92. The number of hydrogen-bond donors (Lipinski definition) is 1. The van der Waals surface area contributed by atoms with Crippen molar-refractivity contribution < 1.29 is 0 Å². The highest BCUT2D eigenvalue weighted by Gasteiger charge is 2.35. The van der Waals surface area contributed by atoms with Crippen LogP contribution in [0.4, 0.5) is 0 Å². The standard InChI is InChI=1S/C17H34N2/c1-5-14-6-9-17(18-4)15(10-14)12-19(11-13(2)3)16-7-8-16/h13-18H,5-12H2,1-4H3. The van der Waals surface area contributed by atoms with Gasteiger partial charge in [0.2, 0.25) is 0 Å². The van der Waals surface area contributed by atoms with Gasteiger partial charge in [-0.15, -0.1) is 0 Å². The van der Waals surface area contributed by atoms with Crippen LogP contribution in [0.3, 0.4) is 0 Å². The molecule has 0 spiro atoms. The van der Waals surface area contributed by atoms with Gasteiger partial charge in [0.1, 0.15) is 0 Å². The van der Waals surface area contributed by atoms with E-state index in [-0.39, 0.29) is 0 Å². The molecule has 0 amide bonds. The lowest BCUT2D eigenvalue weighted by Gasteiger charge is -2.39. The molecule has 19 heavy (non-hydrogen) atoms. The van der Waals surface area contributed by atoms with Crippen molar-refractivity contribution in [1.29, 1.82) is 0 Å². The van der Waals surface area contributed by atoms with Crippen molar-refractivity contribution in [2.24, 2.45) is 17.8 Å². The fraction of sp³-hybridized carbons (Fsp3) is 1.00. The summed E-state index contributed by atoms with van der Waals surface area (Å²) in [7, 11) is 2.16. The van der Waals surface area contributed by atoms with Crippen LogP contribution in [0.2, 0.25) is 0 Å². The maximum Gasteiger partial charge on any atom is 0.0105 e. The molecular weight excluding hydrogens is 232 g/mol. The van der Waals surface area contributed by atoms with Gasteiger partial charge in [-0.25, -0.2) is 0 Å². The molecule has 2 heteroatoms. The lowest BCUT2D eigenvalue weighted by Crippen LogP contribution is -2.46. The third-order valence-corrected chi connectivity index (χ3v) is 5.17. The maximum absolute atomic E-state index is 3.59. The first-order chi connectivity index (χ1) is 9.13. The monoisotopic (exact) mass is 266 g/mol. The van der Waals surface area contributed by atoms with E-state index in [0.29, 0.717) is 0 Å². The summed E-state index contributed by atoms with van der Waals surface area (Å²) in [5.74, 6) is 2.66. The molecule has 0 aromatic heterocycles. The highest BCUT2D eigenvalue weighted by molar-refractivity contribution is 4.91. The van der Waals surface area contributed by atoms with Crippen LogP contribution < -0.4 is 5.32 Å². The van der Waals surface area contributed by atoms with E-state index in [9.17, 15) is 0 Å². The fourth-order valence-electron chi connectivity index (χ4n) is 3.90. The van der Waals surface area contributed by atoms with E-state index in [1.807, 2.05) is 0 Å². The minimum atomic E-state index is 0.760. The highest BCUT2D eigenvalue weighted by atomic mass is 15.2. The topological polar surface area (TPSA) is 15.3 Å². The quantitative estimate of drug-likeness (QED) is 0.758. The molecular formula is C17H34N2. The first-order valence-electron chi connectivity index (χ1n) is 8.55. The van der Waals surface area contributed by atoms with Crippen LogP contribution in [-0.4, -0.2) is 37.1 Å². The summed E-state index contributed by atoms with van der Waals surface area (Å²) in [4.78, 5) is 2.80. The van der Waals surface area contributed by atoms with E-state index in [1.165, 1.54) is 51.6 Å². The van der Waals surface area contributed by atoms with E-state index in [4.69, 9.17) is 0 Å². The van der Waals surface area contributed by atoms with E-state index in [0.717, 1.165) is 29.8 Å². The Bertz CT molecular complexity index is 260. The van der Waals surface area contributed by atoms with Gasteiger partial charge < -0.3 is 5.32 Å². The van der Waals surface area contributed by atoms with Crippen molar-refractivity contribution in [2.75, 3.05) is 20.1 Å². The van der Waals surface area contributed by atoms with Gasteiger partial charge in [0, 0.05) is 25.2 Å². The lowest BCUT2D eigenvalue weighted by molar-refractivity contribution is 0.128. The Hall–Kier alpha value is -0.0800. The molecule has 3 atom stereocenters. The fourth-order valence-corrected chi connectivity index (χ4v) is 3.90. The second-order valence-corrected chi connectivity index (χ2v) is 7.32. The normalized spacial score (nSPS) is 32.2. The summed E-state index contributed by atoms with van der Waals surface area (Å²) in [5, 5.41) is 3.59. The number of nitrogens with one attached hydrogen (secondary N) is 1. The van der Waals surface area contributed by atoms with Crippen LogP contribution in [0.5, 0.6) is 0 Å². The number of rotatable bonds is 7. The zero-order valence-electron chi connectivity index (χ0n) is 13.5. The van der Waals surface area contributed by atoms with E-state index < -0.39 is 0 Å². The molecule has 0 aliphatic heterocycles. The molecule has 0 saturated heterocycles. The van der Waals surface area contributed by atoms with Crippen LogP contribution in [-0.2, 0) is 0 Å². The van der Waals surface area contributed by atoms with Crippen molar-refractivity contribution >= 4 is 0 Å². The zero-order chi connectivity index (χ0) is 13.8. The van der Waals surface area contributed by atoms with Crippen LogP contribution in [0.25, 0.3) is 0 Å². The van der Waals surface area contributed by atoms with Gasteiger partial charge in [-0.3, -0.25) is 4.90 Å². The third kappa shape index (κ3) is 4.46. The summed E-state index contributed by atoms with van der Waals surface area (Å²) in [6.45, 7) is 9.73. The van der Waals surface area contributed by atoms with Crippen LogP contribution >= 0.6 is 0 Å². The van der Waals surface area contributed by atoms with Crippen LogP contribution in [0.15, 0.2) is 0 Å². The Morgan fingerprint density at radius 1 is 1.16 bits per heavy atom. The number of hydrogen-bond acceptors (Lipinski definition) is 2. The highest BCUT2D eigenvalue weighted by Crippen LogP contribution is 2.35. The van der Waals surface area contributed by atoms with Gasteiger partial charge in [0.25, 0.3) is 0 Å². The van der Waals surface area contributed by atoms with Crippen molar-refractivity contribution in [3.05, 3.63) is 0 Å². The number of nitrogens with zero attached hydrogens (tertiary/aromatic N) is 1. The van der Waals surface area contributed by atoms with E-state index >= 15 is 0 Å². The molecule has 2 fully saturated rings. The van der Waals surface area contributed by atoms with Gasteiger partial charge in [-0.2, -0.15) is 0 Å². The minimum Gasteiger partial charge on any atom is -0.317 e. The summed E-state index contributed by atoms with van der Waals surface area (Å²) in [6.07, 6.45) is 8.54. The lowest BCUT2D eigenvalue weighted by atomic mass is 9.76. The molecule has 2 aliphatic carbocycles.